The van der Waals surface area contributed by atoms with Crippen LogP contribution in [-0.2, 0) is 4.74 Å². The zero-order valence-corrected chi connectivity index (χ0v) is 9.05. The summed E-state index contributed by atoms with van der Waals surface area (Å²) in [4.78, 5) is 0. The standard InChI is InChI=1S/C10H23NO/c1-6-10(7-2)11-8(3)9(4)12-5/h8-11H,6-7H2,1-5H3. The Hall–Kier alpha value is -0.0800. The predicted octanol–water partition coefficient (Wildman–Crippen LogP) is 2.19. The highest BCUT2D eigenvalue weighted by molar-refractivity contribution is 4.73. The SMILES string of the molecule is CCC(CC)NC(C)C(C)OC. The molecule has 0 aromatic rings. The van der Waals surface area contributed by atoms with Crippen molar-refractivity contribution in [3.63, 3.8) is 0 Å². The Morgan fingerprint density at radius 3 is 2.00 bits per heavy atom. The average Bonchev–Trinajstić information content (AvgIpc) is 2.12. The summed E-state index contributed by atoms with van der Waals surface area (Å²) >= 11 is 0. The van der Waals surface area contributed by atoms with Crippen LogP contribution in [0.1, 0.15) is 40.5 Å². The lowest BCUT2D eigenvalue weighted by atomic mass is 10.1. The summed E-state index contributed by atoms with van der Waals surface area (Å²) < 4.78 is 5.24. The van der Waals surface area contributed by atoms with Crippen molar-refractivity contribution in [2.45, 2.75) is 58.7 Å². The van der Waals surface area contributed by atoms with Gasteiger partial charge < -0.3 is 10.1 Å². The molecule has 0 aromatic heterocycles. The van der Waals surface area contributed by atoms with E-state index in [1.807, 2.05) is 0 Å². The molecule has 0 heterocycles. The van der Waals surface area contributed by atoms with E-state index in [9.17, 15) is 0 Å². The van der Waals surface area contributed by atoms with Gasteiger partial charge in [-0.1, -0.05) is 13.8 Å². The van der Waals surface area contributed by atoms with Gasteiger partial charge in [0.25, 0.3) is 0 Å². The Morgan fingerprint density at radius 2 is 1.67 bits per heavy atom. The Balaban J connectivity index is 3.72. The lowest BCUT2D eigenvalue weighted by molar-refractivity contribution is 0.0839. The highest BCUT2D eigenvalue weighted by Crippen LogP contribution is 2.02. The van der Waals surface area contributed by atoms with Crippen LogP contribution in [0.4, 0.5) is 0 Å². The van der Waals surface area contributed by atoms with Crippen LogP contribution < -0.4 is 5.32 Å². The van der Waals surface area contributed by atoms with Crippen LogP contribution in [0.15, 0.2) is 0 Å². The summed E-state index contributed by atoms with van der Waals surface area (Å²) in [7, 11) is 1.76. The second-order valence-electron chi connectivity index (χ2n) is 3.41. The highest BCUT2D eigenvalue weighted by atomic mass is 16.5. The topological polar surface area (TPSA) is 21.3 Å². The second kappa shape index (κ2) is 6.44. The molecule has 0 bridgehead atoms. The van der Waals surface area contributed by atoms with E-state index < -0.39 is 0 Å². The molecule has 0 radical (unpaired) electrons. The van der Waals surface area contributed by atoms with Crippen LogP contribution >= 0.6 is 0 Å². The maximum Gasteiger partial charge on any atom is 0.0693 e. The fourth-order valence-electron chi connectivity index (χ4n) is 1.24. The van der Waals surface area contributed by atoms with Gasteiger partial charge in [-0.2, -0.15) is 0 Å². The molecule has 0 aliphatic heterocycles. The fourth-order valence-corrected chi connectivity index (χ4v) is 1.24. The van der Waals surface area contributed by atoms with Crippen molar-refractivity contribution >= 4 is 0 Å². The number of rotatable bonds is 6. The molecular formula is C10H23NO. The molecule has 12 heavy (non-hydrogen) atoms. The first-order valence-corrected chi connectivity index (χ1v) is 4.94. The Bertz CT molecular complexity index is 102. The van der Waals surface area contributed by atoms with Gasteiger partial charge in [-0.3, -0.25) is 0 Å². The maximum absolute atomic E-state index is 5.24. The molecule has 0 rings (SSSR count). The minimum atomic E-state index is 0.297. The highest BCUT2D eigenvalue weighted by Gasteiger charge is 2.13. The van der Waals surface area contributed by atoms with Crippen LogP contribution in [0.2, 0.25) is 0 Å². The van der Waals surface area contributed by atoms with E-state index in [1.54, 1.807) is 7.11 Å². The minimum Gasteiger partial charge on any atom is -0.380 e. The van der Waals surface area contributed by atoms with Gasteiger partial charge in [0.2, 0.25) is 0 Å². The summed E-state index contributed by atoms with van der Waals surface area (Å²) in [5.41, 5.74) is 0. The van der Waals surface area contributed by atoms with E-state index in [2.05, 4.69) is 33.0 Å². The van der Waals surface area contributed by atoms with Crippen LogP contribution in [0.3, 0.4) is 0 Å². The lowest BCUT2D eigenvalue weighted by Crippen LogP contribution is -2.42. The van der Waals surface area contributed by atoms with Crippen molar-refractivity contribution in [2.75, 3.05) is 7.11 Å². The first kappa shape index (κ1) is 11.9. The van der Waals surface area contributed by atoms with E-state index in [-0.39, 0.29) is 0 Å². The molecule has 2 heteroatoms. The van der Waals surface area contributed by atoms with Gasteiger partial charge >= 0.3 is 0 Å². The zero-order chi connectivity index (χ0) is 9.56. The molecule has 0 spiro atoms. The van der Waals surface area contributed by atoms with E-state index in [0.29, 0.717) is 18.2 Å². The van der Waals surface area contributed by atoms with Crippen molar-refractivity contribution in [1.29, 1.82) is 0 Å². The summed E-state index contributed by atoms with van der Waals surface area (Å²) in [5, 5.41) is 3.54. The third kappa shape index (κ3) is 4.07. The van der Waals surface area contributed by atoms with E-state index in [4.69, 9.17) is 4.74 Å². The molecule has 1 N–H and O–H groups in total. The molecule has 0 saturated heterocycles. The molecule has 2 atom stereocenters. The molecule has 74 valence electrons. The summed E-state index contributed by atoms with van der Waals surface area (Å²) in [6.45, 7) is 8.70. The van der Waals surface area contributed by atoms with Gasteiger partial charge in [0.1, 0.15) is 0 Å². The van der Waals surface area contributed by atoms with Gasteiger partial charge in [0, 0.05) is 19.2 Å². The molecule has 2 nitrogen and oxygen atoms in total. The number of methoxy groups -OCH3 is 1. The Labute approximate surface area is 76.7 Å². The third-order valence-corrected chi connectivity index (χ3v) is 2.56. The minimum absolute atomic E-state index is 0.297. The van der Waals surface area contributed by atoms with Crippen molar-refractivity contribution in [1.82, 2.24) is 5.32 Å². The van der Waals surface area contributed by atoms with Gasteiger partial charge in [-0.15, -0.1) is 0 Å². The van der Waals surface area contributed by atoms with Crippen molar-refractivity contribution in [3.05, 3.63) is 0 Å². The molecule has 0 aromatic carbocycles. The van der Waals surface area contributed by atoms with E-state index in [0.717, 1.165) is 0 Å². The van der Waals surface area contributed by atoms with Gasteiger partial charge in [0.15, 0.2) is 0 Å². The van der Waals surface area contributed by atoms with Crippen molar-refractivity contribution in [2.24, 2.45) is 0 Å². The van der Waals surface area contributed by atoms with E-state index in [1.165, 1.54) is 12.8 Å². The predicted molar refractivity (Wildman–Crippen MR) is 53.4 cm³/mol. The zero-order valence-electron chi connectivity index (χ0n) is 9.05. The number of hydrogen-bond acceptors (Lipinski definition) is 2. The molecule has 0 amide bonds. The largest absolute Gasteiger partial charge is 0.380 e. The molecule has 0 aliphatic rings. The first-order chi connectivity index (χ1) is 5.65. The quantitative estimate of drug-likeness (QED) is 0.665. The fraction of sp³-hybridized carbons (Fsp3) is 1.00. The first-order valence-electron chi connectivity index (χ1n) is 4.94. The van der Waals surface area contributed by atoms with Crippen LogP contribution in [0.25, 0.3) is 0 Å². The Morgan fingerprint density at radius 1 is 1.17 bits per heavy atom. The van der Waals surface area contributed by atoms with Gasteiger partial charge in [-0.25, -0.2) is 0 Å². The Kier molecular flexibility index (Phi) is 6.39. The van der Waals surface area contributed by atoms with Gasteiger partial charge in [-0.05, 0) is 26.7 Å². The number of nitrogens with one attached hydrogen (secondary N) is 1. The summed E-state index contributed by atoms with van der Waals surface area (Å²) in [6.07, 6.45) is 2.68. The van der Waals surface area contributed by atoms with Crippen LogP contribution in [0.5, 0.6) is 0 Å². The smallest absolute Gasteiger partial charge is 0.0693 e. The molecular weight excluding hydrogens is 150 g/mol. The van der Waals surface area contributed by atoms with Gasteiger partial charge in [0.05, 0.1) is 6.10 Å². The monoisotopic (exact) mass is 173 g/mol. The average molecular weight is 173 g/mol. The van der Waals surface area contributed by atoms with Crippen molar-refractivity contribution < 1.29 is 4.74 Å². The molecule has 0 aliphatic carbocycles. The van der Waals surface area contributed by atoms with Crippen LogP contribution in [-0.4, -0.2) is 25.3 Å². The third-order valence-electron chi connectivity index (χ3n) is 2.56. The molecule has 0 fully saturated rings. The summed E-state index contributed by atoms with van der Waals surface area (Å²) in [6, 6.07) is 1.08. The second-order valence-corrected chi connectivity index (χ2v) is 3.41. The lowest BCUT2D eigenvalue weighted by Gasteiger charge is -2.25. The molecule has 0 saturated carbocycles. The number of hydrogen-bond donors (Lipinski definition) is 1. The van der Waals surface area contributed by atoms with E-state index >= 15 is 0 Å². The maximum atomic E-state index is 5.24. The van der Waals surface area contributed by atoms with Crippen LogP contribution in [0, 0.1) is 0 Å². The normalized spacial score (nSPS) is 16.5. The van der Waals surface area contributed by atoms with Crippen molar-refractivity contribution in [3.8, 4) is 0 Å². The summed E-state index contributed by atoms with van der Waals surface area (Å²) in [5.74, 6) is 0. The number of ether oxygens (including phenoxy) is 1. The molecule has 2 unspecified atom stereocenters.